The zero-order chi connectivity index (χ0) is 16.3. The van der Waals surface area contributed by atoms with Gasteiger partial charge in [-0.1, -0.05) is 13.3 Å². The number of primary sulfonamides is 1. The maximum absolute atomic E-state index is 11.9. The maximum Gasteiger partial charge on any atom is 0.273 e. The van der Waals surface area contributed by atoms with Gasteiger partial charge in [0, 0.05) is 12.8 Å². The van der Waals surface area contributed by atoms with Gasteiger partial charge >= 0.3 is 0 Å². The molecule has 0 aliphatic carbocycles. The molecule has 0 bridgehead atoms. The van der Waals surface area contributed by atoms with Crippen molar-refractivity contribution in [3.05, 3.63) is 11.4 Å². The van der Waals surface area contributed by atoms with E-state index in [2.05, 4.69) is 15.5 Å². The number of nitrogens with zero attached hydrogens (tertiary/aromatic N) is 1. The summed E-state index contributed by atoms with van der Waals surface area (Å²) in [5.74, 6) is -1.04. The van der Waals surface area contributed by atoms with Crippen molar-refractivity contribution in [2.45, 2.75) is 24.7 Å². The van der Waals surface area contributed by atoms with E-state index < -0.39 is 25.8 Å². The topological polar surface area (TPSA) is 152 Å². The van der Waals surface area contributed by atoms with Crippen LogP contribution in [0.4, 0.5) is 0 Å². The van der Waals surface area contributed by atoms with Gasteiger partial charge in [-0.15, -0.1) is 0 Å². The summed E-state index contributed by atoms with van der Waals surface area (Å²) in [6.45, 7) is 1.69. The van der Waals surface area contributed by atoms with Crippen LogP contribution in [-0.2, 0) is 26.3 Å². The summed E-state index contributed by atoms with van der Waals surface area (Å²) < 4.78 is 45.1. The minimum Gasteiger partial charge on any atom is -0.350 e. The quantitative estimate of drug-likeness (QED) is 0.567. The lowest BCUT2D eigenvalue weighted by Gasteiger charge is -2.04. The molecule has 0 fully saturated rings. The van der Waals surface area contributed by atoms with Crippen LogP contribution in [0.15, 0.2) is 4.90 Å². The van der Waals surface area contributed by atoms with E-state index in [-0.39, 0.29) is 28.6 Å². The number of nitrogens with two attached hydrogens (primary N) is 1. The Hall–Kier alpha value is -1.46. The second-order valence-electron chi connectivity index (χ2n) is 4.56. The largest absolute Gasteiger partial charge is 0.350 e. The number of rotatable bonds is 7. The highest BCUT2D eigenvalue weighted by Crippen LogP contribution is 2.18. The first-order valence-corrected chi connectivity index (χ1v) is 9.73. The Bertz CT molecular complexity index is 721. The van der Waals surface area contributed by atoms with Crippen molar-refractivity contribution in [2.75, 3.05) is 18.6 Å². The second-order valence-corrected chi connectivity index (χ2v) is 8.32. The molecular formula is C10H18N4O5S2. The van der Waals surface area contributed by atoms with Gasteiger partial charge in [-0.05, 0) is 6.42 Å². The Morgan fingerprint density at radius 3 is 2.43 bits per heavy atom. The molecule has 1 heterocycles. The molecule has 21 heavy (non-hydrogen) atoms. The molecule has 4 N–H and O–H groups in total. The smallest absolute Gasteiger partial charge is 0.273 e. The first-order valence-electron chi connectivity index (χ1n) is 6.12. The number of hydrogen-bond donors (Lipinski definition) is 3. The van der Waals surface area contributed by atoms with Crippen LogP contribution in [0, 0.1) is 0 Å². The van der Waals surface area contributed by atoms with E-state index in [1.807, 2.05) is 6.92 Å². The fraction of sp³-hybridized carbons (Fsp3) is 0.600. The first kappa shape index (κ1) is 17.6. The molecule has 1 amide bonds. The minimum atomic E-state index is -4.11. The van der Waals surface area contributed by atoms with E-state index in [0.29, 0.717) is 12.8 Å². The van der Waals surface area contributed by atoms with Gasteiger partial charge in [0.05, 0.1) is 11.4 Å². The van der Waals surface area contributed by atoms with Crippen molar-refractivity contribution in [1.29, 1.82) is 0 Å². The monoisotopic (exact) mass is 338 g/mol. The lowest BCUT2D eigenvalue weighted by atomic mass is 10.2. The molecule has 9 nitrogen and oxygen atoms in total. The molecule has 0 radical (unpaired) electrons. The van der Waals surface area contributed by atoms with Crippen LogP contribution >= 0.6 is 0 Å². The molecule has 0 aliphatic rings. The van der Waals surface area contributed by atoms with E-state index in [0.717, 1.165) is 6.26 Å². The van der Waals surface area contributed by atoms with Crippen molar-refractivity contribution in [2.24, 2.45) is 5.14 Å². The van der Waals surface area contributed by atoms with E-state index >= 15 is 0 Å². The lowest BCUT2D eigenvalue weighted by Crippen LogP contribution is -2.30. The minimum absolute atomic E-state index is 0.141. The van der Waals surface area contributed by atoms with E-state index in [4.69, 9.17) is 5.14 Å². The van der Waals surface area contributed by atoms with Gasteiger partial charge in [0.2, 0.25) is 10.0 Å². The SMILES string of the molecule is CCCc1[nH]nc(C(=O)NCCS(C)(=O)=O)c1S(N)(=O)=O. The van der Waals surface area contributed by atoms with E-state index in [1.54, 1.807) is 0 Å². The Morgan fingerprint density at radius 1 is 1.33 bits per heavy atom. The molecule has 0 aromatic carbocycles. The van der Waals surface area contributed by atoms with E-state index in [1.165, 1.54) is 0 Å². The molecule has 0 spiro atoms. The van der Waals surface area contributed by atoms with Gasteiger partial charge in [0.25, 0.3) is 5.91 Å². The lowest BCUT2D eigenvalue weighted by molar-refractivity contribution is 0.0948. The summed E-state index contributed by atoms with van der Waals surface area (Å²) >= 11 is 0. The molecule has 0 unspecified atom stereocenters. The molecule has 0 atom stereocenters. The average molecular weight is 338 g/mol. The molecule has 0 aliphatic heterocycles. The number of H-pyrrole nitrogens is 1. The van der Waals surface area contributed by atoms with Crippen molar-refractivity contribution < 1.29 is 21.6 Å². The number of aryl methyl sites for hydroxylation is 1. The molecule has 1 aromatic heterocycles. The zero-order valence-electron chi connectivity index (χ0n) is 11.7. The molecular weight excluding hydrogens is 320 g/mol. The third kappa shape index (κ3) is 5.10. The fourth-order valence-electron chi connectivity index (χ4n) is 1.68. The van der Waals surface area contributed by atoms with Crippen LogP contribution in [0.3, 0.4) is 0 Å². The predicted octanol–water partition coefficient (Wildman–Crippen LogP) is -1.22. The normalized spacial score (nSPS) is 12.3. The fourth-order valence-corrected chi connectivity index (χ4v) is 3.05. The maximum atomic E-state index is 11.9. The van der Waals surface area contributed by atoms with Crippen LogP contribution in [0.5, 0.6) is 0 Å². The van der Waals surface area contributed by atoms with Gasteiger partial charge in [-0.3, -0.25) is 9.89 Å². The van der Waals surface area contributed by atoms with Crippen LogP contribution in [-0.4, -0.2) is 51.5 Å². The number of amides is 1. The van der Waals surface area contributed by atoms with Crippen LogP contribution in [0.1, 0.15) is 29.5 Å². The van der Waals surface area contributed by atoms with Crippen molar-refractivity contribution in [1.82, 2.24) is 15.5 Å². The number of hydrogen-bond acceptors (Lipinski definition) is 6. The summed E-state index contributed by atoms with van der Waals surface area (Å²) in [4.78, 5) is 11.6. The number of carbonyl (C=O) groups excluding carboxylic acids is 1. The van der Waals surface area contributed by atoms with Gasteiger partial charge < -0.3 is 5.32 Å². The highest BCUT2D eigenvalue weighted by atomic mass is 32.2. The highest BCUT2D eigenvalue weighted by molar-refractivity contribution is 7.90. The number of sulfonamides is 1. The Balaban J connectivity index is 3.00. The molecule has 11 heteroatoms. The summed E-state index contributed by atoms with van der Waals surface area (Å²) in [5, 5.41) is 13.6. The number of sulfone groups is 1. The summed E-state index contributed by atoms with van der Waals surface area (Å²) in [7, 11) is -7.34. The number of aromatic amines is 1. The van der Waals surface area contributed by atoms with Crippen LogP contribution in [0.2, 0.25) is 0 Å². The predicted molar refractivity (Wildman–Crippen MR) is 76.0 cm³/mol. The van der Waals surface area contributed by atoms with E-state index in [9.17, 15) is 21.6 Å². The standard InChI is InChI=1S/C10H18N4O5S2/c1-3-4-7-9(21(11,18)19)8(14-13-7)10(15)12-5-6-20(2,16)17/h3-6H2,1-2H3,(H,12,15)(H,13,14)(H2,11,18,19). The second kappa shape index (κ2) is 6.54. The van der Waals surface area contributed by atoms with Gasteiger partial charge in [0.15, 0.2) is 5.69 Å². The van der Waals surface area contributed by atoms with Crippen molar-refractivity contribution >= 4 is 25.8 Å². The van der Waals surface area contributed by atoms with Gasteiger partial charge in [0.1, 0.15) is 14.7 Å². The zero-order valence-corrected chi connectivity index (χ0v) is 13.3. The van der Waals surface area contributed by atoms with Gasteiger partial charge in [-0.2, -0.15) is 5.10 Å². The summed E-state index contributed by atoms with van der Waals surface area (Å²) in [6, 6.07) is 0. The molecule has 120 valence electrons. The third-order valence-corrected chi connectivity index (χ3v) is 4.50. The van der Waals surface area contributed by atoms with Crippen molar-refractivity contribution in [3.8, 4) is 0 Å². The average Bonchev–Trinajstić information content (AvgIpc) is 2.71. The molecule has 1 aromatic rings. The summed E-state index contributed by atoms with van der Waals surface area (Å²) in [6.07, 6.45) is 2.04. The van der Waals surface area contributed by atoms with Gasteiger partial charge in [-0.25, -0.2) is 22.0 Å². The van der Waals surface area contributed by atoms with Crippen LogP contribution < -0.4 is 10.5 Å². The number of aromatic nitrogens is 2. The van der Waals surface area contributed by atoms with Crippen LogP contribution in [0.25, 0.3) is 0 Å². The number of nitrogens with one attached hydrogen (secondary N) is 2. The third-order valence-electron chi connectivity index (χ3n) is 2.55. The van der Waals surface area contributed by atoms with Crippen molar-refractivity contribution in [3.63, 3.8) is 0 Å². The highest BCUT2D eigenvalue weighted by Gasteiger charge is 2.26. The Labute approximate surface area is 123 Å². The molecule has 0 saturated carbocycles. The Kier molecular flexibility index (Phi) is 5.48. The first-order chi connectivity index (χ1) is 9.56. The summed E-state index contributed by atoms with van der Waals surface area (Å²) in [5.41, 5.74) is -0.0947. The Morgan fingerprint density at radius 2 is 1.95 bits per heavy atom. The number of carbonyl (C=O) groups is 1. The molecule has 0 saturated heterocycles. The molecule has 1 rings (SSSR count).